The highest BCUT2D eigenvalue weighted by Crippen LogP contribution is 2.33. The van der Waals surface area contributed by atoms with Gasteiger partial charge in [-0.15, -0.1) is 0 Å². The summed E-state index contributed by atoms with van der Waals surface area (Å²) in [5.74, 6) is -1.99. The molecular formula is C21H16ClF2N3O4. The minimum absolute atomic E-state index is 0.0485. The summed E-state index contributed by atoms with van der Waals surface area (Å²) in [5, 5.41) is 15.5. The highest BCUT2D eigenvalue weighted by Gasteiger charge is 2.30. The number of amides is 1. The number of hydrogen-bond donors (Lipinski definition) is 2. The van der Waals surface area contributed by atoms with Crippen LogP contribution in [0.5, 0.6) is 11.6 Å². The van der Waals surface area contributed by atoms with Gasteiger partial charge in [0.1, 0.15) is 17.0 Å². The number of rotatable bonds is 7. The molecular weight excluding hydrogens is 432 g/mol. The summed E-state index contributed by atoms with van der Waals surface area (Å²) in [7, 11) is 1.36. The predicted octanol–water partition coefficient (Wildman–Crippen LogP) is 4.90. The normalized spacial score (nSPS) is 10.7. The van der Waals surface area contributed by atoms with Crippen LogP contribution in [0.3, 0.4) is 0 Å². The summed E-state index contributed by atoms with van der Waals surface area (Å²) in [5.41, 5.74) is -0.683. The van der Waals surface area contributed by atoms with Gasteiger partial charge in [-0.25, -0.2) is 18.3 Å². The number of nitrogens with zero attached hydrogens (tertiary/aromatic N) is 2. The molecule has 3 rings (SSSR count). The van der Waals surface area contributed by atoms with Gasteiger partial charge in [-0.2, -0.15) is 5.10 Å². The number of halogens is 3. The number of aryl methyl sites for hydroxylation is 1. The van der Waals surface area contributed by atoms with Crippen molar-refractivity contribution in [3.05, 3.63) is 82.5 Å². The van der Waals surface area contributed by atoms with Crippen LogP contribution in [0.4, 0.5) is 8.78 Å². The van der Waals surface area contributed by atoms with Crippen molar-refractivity contribution in [1.82, 2.24) is 15.1 Å². The SMILES string of the molecule is C=C(NC(=O)c1c(C(F)F)nn(C)c1Oc1cccc(Cl)c1)c1ccc(C(=O)O)cc1. The maximum atomic E-state index is 13.6. The second-order valence-corrected chi connectivity index (χ2v) is 6.80. The van der Waals surface area contributed by atoms with Crippen molar-refractivity contribution in [2.45, 2.75) is 6.43 Å². The summed E-state index contributed by atoms with van der Waals surface area (Å²) in [6.07, 6.45) is -3.04. The summed E-state index contributed by atoms with van der Waals surface area (Å²) in [6.45, 7) is 3.72. The van der Waals surface area contributed by atoms with Crippen LogP contribution in [-0.4, -0.2) is 26.8 Å². The fourth-order valence-corrected chi connectivity index (χ4v) is 2.92. The molecule has 0 aliphatic heterocycles. The molecule has 0 saturated heterocycles. The monoisotopic (exact) mass is 447 g/mol. The Morgan fingerprint density at radius 1 is 1.19 bits per heavy atom. The van der Waals surface area contributed by atoms with Crippen LogP contribution < -0.4 is 10.1 Å². The topological polar surface area (TPSA) is 93.5 Å². The minimum Gasteiger partial charge on any atom is -0.478 e. The van der Waals surface area contributed by atoms with Crippen LogP contribution in [0.25, 0.3) is 5.70 Å². The van der Waals surface area contributed by atoms with E-state index in [9.17, 15) is 18.4 Å². The molecule has 3 aromatic rings. The van der Waals surface area contributed by atoms with Crippen molar-refractivity contribution in [3.8, 4) is 11.6 Å². The van der Waals surface area contributed by atoms with Crippen LogP contribution in [0.1, 0.15) is 38.4 Å². The molecule has 1 amide bonds. The van der Waals surface area contributed by atoms with Crippen molar-refractivity contribution < 1.29 is 28.2 Å². The summed E-state index contributed by atoms with van der Waals surface area (Å²) < 4.78 is 33.8. The number of alkyl halides is 2. The lowest BCUT2D eigenvalue weighted by Gasteiger charge is -2.12. The van der Waals surface area contributed by atoms with E-state index in [1.807, 2.05) is 0 Å². The van der Waals surface area contributed by atoms with Gasteiger partial charge in [0, 0.05) is 17.8 Å². The zero-order valence-corrected chi connectivity index (χ0v) is 16.9. The third-order valence-corrected chi connectivity index (χ3v) is 4.45. The standard InChI is InChI=1S/C21H16ClF2N3O4/c1-11(12-6-8-13(9-7-12)21(29)30)25-19(28)16-17(18(23)24)26-27(2)20(16)31-15-5-3-4-14(22)10-15/h3-10,18H,1H2,2H3,(H,25,28)(H,29,30). The van der Waals surface area contributed by atoms with E-state index in [2.05, 4.69) is 17.0 Å². The van der Waals surface area contributed by atoms with E-state index in [0.29, 0.717) is 10.6 Å². The zero-order valence-electron chi connectivity index (χ0n) is 16.1. The Balaban J connectivity index is 1.91. The molecule has 2 N–H and O–H groups in total. The number of hydrogen-bond acceptors (Lipinski definition) is 4. The second-order valence-electron chi connectivity index (χ2n) is 6.36. The molecule has 0 aliphatic rings. The molecule has 0 bridgehead atoms. The summed E-state index contributed by atoms with van der Waals surface area (Å²) in [6, 6.07) is 11.8. The van der Waals surface area contributed by atoms with E-state index >= 15 is 0 Å². The predicted molar refractivity (Wildman–Crippen MR) is 110 cm³/mol. The molecule has 31 heavy (non-hydrogen) atoms. The molecule has 0 aliphatic carbocycles. The molecule has 160 valence electrons. The Hall–Kier alpha value is -3.72. The lowest BCUT2D eigenvalue weighted by atomic mass is 10.1. The molecule has 10 heteroatoms. The number of carboxylic acid groups (broad SMARTS) is 1. The first-order valence-corrected chi connectivity index (χ1v) is 9.17. The number of nitrogens with one attached hydrogen (secondary N) is 1. The van der Waals surface area contributed by atoms with E-state index in [4.69, 9.17) is 21.4 Å². The number of aromatic nitrogens is 2. The van der Waals surface area contributed by atoms with Crippen molar-refractivity contribution in [2.75, 3.05) is 0 Å². The first-order chi connectivity index (χ1) is 14.7. The Morgan fingerprint density at radius 3 is 2.42 bits per heavy atom. The maximum Gasteiger partial charge on any atom is 0.335 e. The fourth-order valence-electron chi connectivity index (χ4n) is 2.74. The van der Waals surface area contributed by atoms with Crippen LogP contribution in [-0.2, 0) is 7.05 Å². The van der Waals surface area contributed by atoms with Gasteiger partial charge in [0.25, 0.3) is 12.3 Å². The fraction of sp³-hybridized carbons (Fsp3) is 0.0952. The van der Waals surface area contributed by atoms with Crippen LogP contribution in [0.2, 0.25) is 5.02 Å². The van der Waals surface area contributed by atoms with E-state index < -0.39 is 29.6 Å². The summed E-state index contributed by atoms with van der Waals surface area (Å²) in [4.78, 5) is 23.8. The molecule has 0 atom stereocenters. The van der Waals surface area contributed by atoms with Gasteiger partial charge in [-0.3, -0.25) is 4.79 Å². The van der Waals surface area contributed by atoms with E-state index in [1.54, 1.807) is 18.2 Å². The molecule has 0 fully saturated rings. The van der Waals surface area contributed by atoms with E-state index in [-0.39, 0.29) is 22.9 Å². The lowest BCUT2D eigenvalue weighted by molar-refractivity contribution is 0.0696. The van der Waals surface area contributed by atoms with Gasteiger partial charge in [0.05, 0.1) is 5.56 Å². The largest absolute Gasteiger partial charge is 0.478 e. The number of aromatic carboxylic acids is 1. The van der Waals surface area contributed by atoms with Crippen molar-refractivity contribution >= 4 is 29.2 Å². The van der Waals surface area contributed by atoms with Crippen LogP contribution in [0, 0.1) is 0 Å². The first-order valence-electron chi connectivity index (χ1n) is 8.79. The van der Waals surface area contributed by atoms with Crippen LogP contribution >= 0.6 is 11.6 Å². The summed E-state index contributed by atoms with van der Waals surface area (Å²) >= 11 is 5.93. The quantitative estimate of drug-likeness (QED) is 0.537. The van der Waals surface area contributed by atoms with Crippen molar-refractivity contribution in [2.24, 2.45) is 7.05 Å². The Morgan fingerprint density at radius 2 is 1.84 bits per heavy atom. The van der Waals surface area contributed by atoms with Crippen LogP contribution in [0.15, 0.2) is 55.1 Å². The molecule has 0 unspecified atom stereocenters. The zero-order chi connectivity index (χ0) is 22.7. The molecule has 2 aromatic carbocycles. The Bertz CT molecular complexity index is 1160. The van der Waals surface area contributed by atoms with Crippen molar-refractivity contribution in [3.63, 3.8) is 0 Å². The third-order valence-electron chi connectivity index (χ3n) is 4.21. The average Bonchev–Trinajstić information content (AvgIpc) is 3.04. The average molecular weight is 448 g/mol. The maximum absolute atomic E-state index is 13.6. The number of carbonyl (C=O) groups excluding carboxylic acids is 1. The van der Waals surface area contributed by atoms with Gasteiger partial charge in [-0.1, -0.05) is 36.4 Å². The molecule has 1 heterocycles. The van der Waals surface area contributed by atoms with Gasteiger partial charge in [-0.05, 0) is 35.9 Å². The second kappa shape index (κ2) is 8.97. The smallest absolute Gasteiger partial charge is 0.335 e. The number of ether oxygens (including phenoxy) is 1. The number of benzene rings is 2. The van der Waals surface area contributed by atoms with Gasteiger partial charge >= 0.3 is 5.97 Å². The first kappa shape index (κ1) is 22.0. The Kier molecular flexibility index (Phi) is 6.36. The highest BCUT2D eigenvalue weighted by atomic mass is 35.5. The molecule has 0 spiro atoms. The molecule has 1 aromatic heterocycles. The Labute approximate surface area is 180 Å². The van der Waals surface area contributed by atoms with Gasteiger partial charge in [0.2, 0.25) is 5.88 Å². The molecule has 7 nitrogen and oxygen atoms in total. The minimum atomic E-state index is -3.04. The highest BCUT2D eigenvalue weighted by molar-refractivity contribution is 6.30. The third kappa shape index (κ3) is 4.89. The van der Waals surface area contributed by atoms with Gasteiger partial charge < -0.3 is 15.2 Å². The van der Waals surface area contributed by atoms with E-state index in [0.717, 1.165) is 4.68 Å². The lowest BCUT2D eigenvalue weighted by Crippen LogP contribution is -2.23. The molecule has 0 radical (unpaired) electrons. The van der Waals surface area contributed by atoms with Crippen molar-refractivity contribution in [1.29, 1.82) is 0 Å². The molecule has 0 saturated carbocycles. The number of carbonyl (C=O) groups is 2. The van der Waals surface area contributed by atoms with E-state index in [1.165, 1.54) is 37.4 Å². The van der Waals surface area contributed by atoms with Gasteiger partial charge in [0.15, 0.2) is 0 Å². The number of carboxylic acids is 1.